The van der Waals surface area contributed by atoms with Crippen LogP contribution in [0.2, 0.25) is 5.02 Å². The molecule has 1 aromatic carbocycles. The summed E-state index contributed by atoms with van der Waals surface area (Å²) in [6.45, 7) is 1.38. The molecule has 84 valence electrons. The summed E-state index contributed by atoms with van der Waals surface area (Å²) in [4.78, 5) is 13.9. The van der Waals surface area contributed by atoms with Gasteiger partial charge in [-0.3, -0.25) is 4.79 Å². The van der Waals surface area contributed by atoms with Gasteiger partial charge in [0, 0.05) is 23.8 Å². The normalized spacial score (nSPS) is 15.2. The van der Waals surface area contributed by atoms with Gasteiger partial charge in [-0.1, -0.05) is 23.8 Å². The highest BCUT2D eigenvalue weighted by atomic mass is 35.5. The number of carbonyl (C=O) groups is 1. The van der Waals surface area contributed by atoms with Crippen LogP contribution in [0.15, 0.2) is 30.4 Å². The molecular formula is C12H13ClN2O. The molecule has 1 aliphatic heterocycles. The van der Waals surface area contributed by atoms with Gasteiger partial charge in [0.1, 0.15) is 0 Å². The molecule has 0 bridgehead atoms. The number of nitrogens with two attached hydrogens (primary N) is 1. The molecule has 3 nitrogen and oxygen atoms in total. The van der Waals surface area contributed by atoms with Crippen molar-refractivity contribution < 1.29 is 4.79 Å². The van der Waals surface area contributed by atoms with E-state index in [2.05, 4.69) is 6.08 Å². The van der Waals surface area contributed by atoms with E-state index in [9.17, 15) is 4.79 Å². The highest BCUT2D eigenvalue weighted by molar-refractivity contribution is 6.31. The van der Waals surface area contributed by atoms with Crippen molar-refractivity contribution in [1.29, 1.82) is 0 Å². The molecule has 0 aromatic heterocycles. The average Bonchev–Trinajstić information content (AvgIpc) is 2.32. The topological polar surface area (TPSA) is 46.3 Å². The second-order valence-electron chi connectivity index (χ2n) is 3.74. The quantitative estimate of drug-likeness (QED) is 0.601. The van der Waals surface area contributed by atoms with Crippen LogP contribution in [-0.2, 0) is 0 Å². The summed E-state index contributed by atoms with van der Waals surface area (Å²) in [5, 5.41) is 0.533. The lowest BCUT2D eigenvalue weighted by Crippen LogP contribution is -2.34. The van der Waals surface area contributed by atoms with Crippen LogP contribution in [0.1, 0.15) is 16.8 Å². The smallest absolute Gasteiger partial charge is 0.256 e. The zero-order chi connectivity index (χ0) is 11.5. The first-order valence-corrected chi connectivity index (χ1v) is 5.55. The Balaban J connectivity index is 2.26. The van der Waals surface area contributed by atoms with Crippen molar-refractivity contribution in [3.63, 3.8) is 0 Å². The standard InChI is InChI=1S/C12H13ClN2O/c13-9-4-5-11(14)10(8-9)12(16)15-6-2-1-3-7-15/h1-2,4-5,8H,3,6-7,14H2. The number of benzene rings is 1. The fourth-order valence-corrected chi connectivity index (χ4v) is 1.88. The highest BCUT2D eigenvalue weighted by Gasteiger charge is 2.18. The Hall–Kier alpha value is -1.48. The van der Waals surface area contributed by atoms with Gasteiger partial charge >= 0.3 is 0 Å². The van der Waals surface area contributed by atoms with Gasteiger partial charge in [-0.25, -0.2) is 0 Å². The number of rotatable bonds is 1. The summed E-state index contributed by atoms with van der Waals surface area (Å²) in [5.74, 6) is -0.0515. The Labute approximate surface area is 99.5 Å². The van der Waals surface area contributed by atoms with Crippen LogP contribution in [-0.4, -0.2) is 23.9 Å². The van der Waals surface area contributed by atoms with Gasteiger partial charge in [-0.05, 0) is 24.6 Å². The SMILES string of the molecule is Nc1ccc(Cl)cc1C(=O)N1CC=CCC1. The van der Waals surface area contributed by atoms with E-state index in [0.29, 0.717) is 22.8 Å². The lowest BCUT2D eigenvalue weighted by atomic mass is 10.1. The molecule has 4 heteroatoms. The number of anilines is 1. The van der Waals surface area contributed by atoms with Crippen LogP contribution < -0.4 is 5.73 Å². The van der Waals surface area contributed by atoms with Gasteiger partial charge in [0.25, 0.3) is 5.91 Å². The van der Waals surface area contributed by atoms with Crippen molar-refractivity contribution in [1.82, 2.24) is 4.90 Å². The maximum Gasteiger partial charge on any atom is 0.256 e. The van der Waals surface area contributed by atoms with E-state index in [1.54, 1.807) is 23.1 Å². The fraction of sp³-hybridized carbons (Fsp3) is 0.250. The molecule has 0 atom stereocenters. The molecule has 1 aliphatic rings. The van der Waals surface area contributed by atoms with Gasteiger partial charge < -0.3 is 10.6 Å². The summed E-state index contributed by atoms with van der Waals surface area (Å²) in [5.41, 5.74) is 6.74. The fourth-order valence-electron chi connectivity index (χ4n) is 1.71. The molecule has 1 amide bonds. The maximum atomic E-state index is 12.1. The second kappa shape index (κ2) is 4.58. The Kier molecular flexibility index (Phi) is 3.15. The molecule has 0 unspecified atom stereocenters. The number of hydrogen-bond acceptors (Lipinski definition) is 2. The van der Waals surface area contributed by atoms with Crippen molar-refractivity contribution >= 4 is 23.2 Å². The second-order valence-corrected chi connectivity index (χ2v) is 4.18. The zero-order valence-corrected chi connectivity index (χ0v) is 9.57. The third-order valence-electron chi connectivity index (χ3n) is 2.59. The van der Waals surface area contributed by atoms with Crippen molar-refractivity contribution in [3.8, 4) is 0 Å². The Morgan fingerprint density at radius 1 is 1.38 bits per heavy atom. The van der Waals surface area contributed by atoms with Crippen LogP contribution in [0.5, 0.6) is 0 Å². The first kappa shape index (κ1) is 11.0. The molecule has 2 rings (SSSR count). The Bertz CT molecular complexity index is 443. The van der Waals surface area contributed by atoms with Gasteiger partial charge in [-0.15, -0.1) is 0 Å². The Morgan fingerprint density at radius 3 is 2.88 bits per heavy atom. The molecule has 0 spiro atoms. The third kappa shape index (κ3) is 2.19. The summed E-state index contributed by atoms with van der Waals surface area (Å²) in [6, 6.07) is 4.97. The first-order chi connectivity index (χ1) is 7.68. The summed E-state index contributed by atoms with van der Waals surface area (Å²) < 4.78 is 0. The number of halogens is 1. The molecule has 0 saturated heterocycles. The molecule has 1 aromatic rings. The number of hydrogen-bond donors (Lipinski definition) is 1. The van der Waals surface area contributed by atoms with Crippen LogP contribution >= 0.6 is 11.6 Å². The minimum absolute atomic E-state index is 0.0515. The molecule has 0 radical (unpaired) electrons. The van der Waals surface area contributed by atoms with Gasteiger partial charge in [-0.2, -0.15) is 0 Å². The van der Waals surface area contributed by atoms with Gasteiger partial charge in [0.05, 0.1) is 5.56 Å². The van der Waals surface area contributed by atoms with Crippen LogP contribution in [0.3, 0.4) is 0 Å². The lowest BCUT2D eigenvalue weighted by molar-refractivity contribution is 0.0772. The van der Waals surface area contributed by atoms with E-state index in [1.165, 1.54) is 0 Å². The minimum atomic E-state index is -0.0515. The van der Waals surface area contributed by atoms with E-state index < -0.39 is 0 Å². The molecular weight excluding hydrogens is 224 g/mol. The molecule has 2 N–H and O–H groups in total. The van der Waals surface area contributed by atoms with Gasteiger partial charge in [0.2, 0.25) is 0 Å². The van der Waals surface area contributed by atoms with Gasteiger partial charge in [0.15, 0.2) is 0 Å². The summed E-state index contributed by atoms with van der Waals surface area (Å²) in [6.07, 6.45) is 4.96. The lowest BCUT2D eigenvalue weighted by Gasteiger charge is -2.24. The van der Waals surface area contributed by atoms with E-state index >= 15 is 0 Å². The average molecular weight is 237 g/mol. The molecule has 1 heterocycles. The van der Waals surface area contributed by atoms with Crippen molar-refractivity contribution in [2.75, 3.05) is 18.8 Å². The molecule has 0 fully saturated rings. The first-order valence-electron chi connectivity index (χ1n) is 5.18. The molecule has 0 saturated carbocycles. The monoisotopic (exact) mass is 236 g/mol. The van der Waals surface area contributed by atoms with Crippen molar-refractivity contribution in [2.45, 2.75) is 6.42 Å². The van der Waals surface area contributed by atoms with E-state index in [1.807, 2.05) is 6.08 Å². The van der Waals surface area contributed by atoms with Crippen molar-refractivity contribution in [2.24, 2.45) is 0 Å². The molecule has 16 heavy (non-hydrogen) atoms. The highest BCUT2D eigenvalue weighted by Crippen LogP contribution is 2.20. The van der Waals surface area contributed by atoms with E-state index in [0.717, 1.165) is 13.0 Å². The number of nitrogens with zero attached hydrogens (tertiary/aromatic N) is 1. The number of carbonyl (C=O) groups excluding carboxylic acids is 1. The zero-order valence-electron chi connectivity index (χ0n) is 8.82. The largest absolute Gasteiger partial charge is 0.398 e. The Morgan fingerprint density at radius 2 is 2.19 bits per heavy atom. The van der Waals surface area contributed by atoms with Crippen LogP contribution in [0, 0.1) is 0 Å². The number of nitrogen functional groups attached to an aromatic ring is 1. The maximum absolute atomic E-state index is 12.1. The number of amides is 1. The van der Waals surface area contributed by atoms with Crippen molar-refractivity contribution in [3.05, 3.63) is 40.9 Å². The van der Waals surface area contributed by atoms with E-state index in [4.69, 9.17) is 17.3 Å². The predicted molar refractivity (Wildman–Crippen MR) is 65.5 cm³/mol. The minimum Gasteiger partial charge on any atom is -0.398 e. The summed E-state index contributed by atoms with van der Waals surface area (Å²) >= 11 is 5.86. The molecule has 0 aliphatic carbocycles. The third-order valence-corrected chi connectivity index (χ3v) is 2.83. The van der Waals surface area contributed by atoms with Crippen LogP contribution in [0.25, 0.3) is 0 Å². The van der Waals surface area contributed by atoms with E-state index in [-0.39, 0.29) is 5.91 Å². The summed E-state index contributed by atoms with van der Waals surface area (Å²) in [7, 11) is 0. The van der Waals surface area contributed by atoms with Crippen LogP contribution in [0.4, 0.5) is 5.69 Å². The predicted octanol–water partition coefficient (Wildman–Crippen LogP) is 2.32.